The first-order valence-corrected chi connectivity index (χ1v) is 6.86. The Morgan fingerprint density at radius 3 is 2.65 bits per heavy atom. The van der Waals surface area contributed by atoms with Crippen molar-refractivity contribution in [3.8, 4) is 0 Å². The minimum Gasteiger partial charge on any atom is -0.218 e. The zero-order chi connectivity index (χ0) is 12.8. The molecule has 0 aliphatic rings. The summed E-state index contributed by atoms with van der Waals surface area (Å²) in [7, 11) is 0. The highest BCUT2D eigenvalue weighted by Crippen LogP contribution is 2.06. The Morgan fingerprint density at radius 1 is 1.35 bits per heavy atom. The van der Waals surface area contributed by atoms with Crippen LogP contribution in [0.4, 0.5) is 0 Å². The van der Waals surface area contributed by atoms with Gasteiger partial charge < -0.3 is 0 Å². The van der Waals surface area contributed by atoms with Crippen LogP contribution in [0.2, 0.25) is 10.4 Å². The van der Waals surface area contributed by atoms with Gasteiger partial charge in [-0.3, -0.25) is 0 Å². The minimum atomic E-state index is 0.172. The second-order valence-electron chi connectivity index (χ2n) is 3.39. The largest absolute Gasteiger partial charge is 0.224 e. The molecule has 1 rings (SSSR count). The number of aromatic nitrogens is 2. The van der Waals surface area contributed by atoms with Crippen molar-refractivity contribution >= 4 is 51.3 Å². The van der Waals surface area contributed by atoms with E-state index in [0.29, 0.717) is 5.15 Å². The number of rotatable bonds is 3. The fourth-order valence-electron chi connectivity index (χ4n) is 1.22. The second-order valence-corrected chi connectivity index (χ2v) is 5.00. The Hall–Kier alpha value is -0.380. The van der Waals surface area contributed by atoms with Crippen molar-refractivity contribution in [2.45, 2.75) is 26.7 Å². The molecule has 0 amide bonds. The fourth-order valence-corrected chi connectivity index (χ4v) is 1.90. The molecule has 0 aromatic carbocycles. The molecule has 5 heteroatoms. The maximum atomic E-state index is 6.08. The smallest absolute Gasteiger partial charge is 0.218 e. The third kappa shape index (κ3) is 4.41. The molecular formula is C12H13BrCl2N2. The molecule has 0 bridgehead atoms. The standard InChI is InChI=1S/C12H13BrCl2N2/c1-3-5-6-10-9(7-8(13)4-2)11(14)17-12(15)16-10/h4,6-7H,3,5H2,1-2H3/b8-4+,9-7+,10-6-. The summed E-state index contributed by atoms with van der Waals surface area (Å²) in [6, 6.07) is 0. The maximum absolute atomic E-state index is 6.08. The van der Waals surface area contributed by atoms with Crippen LogP contribution in [-0.4, -0.2) is 9.97 Å². The molecule has 0 atom stereocenters. The van der Waals surface area contributed by atoms with Gasteiger partial charge in [-0.1, -0.05) is 53.0 Å². The summed E-state index contributed by atoms with van der Waals surface area (Å²) in [5, 5.41) is 2.10. The number of unbranched alkanes of at least 4 members (excludes halogenated alkanes) is 1. The zero-order valence-electron chi connectivity index (χ0n) is 9.67. The first-order valence-electron chi connectivity index (χ1n) is 5.31. The molecule has 92 valence electrons. The highest BCUT2D eigenvalue weighted by molar-refractivity contribution is 9.12. The molecule has 0 radical (unpaired) electrons. The molecule has 17 heavy (non-hydrogen) atoms. The van der Waals surface area contributed by atoms with Gasteiger partial charge in [-0.2, -0.15) is 0 Å². The summed E-state index contributed by atoms with van der Waals surface area (Å²) in [6.07, 6.45) is 7.80. The Labute approximate surface area is 119 Å². The lowest BCUT2D eigenvalue weighted by atomic mass is 10.2. The molecular weight excluding hydrogens is 323 g/mol. The highest BCUT2D eigenvalue weighted by atomic mass is 79.9. The van der Waals surface area contributed by atoms with Crippen molar-refractivity contribution < 1.29 is 0 Å². The molecule has 1 aromatic heterocycles. The van der Waals surface area contributed by atoms with Crippen molar-refractivity contribution in [1.82, 2.24) is 9.97 Å². The first kappa shape index (κ1) is 14.7. The van der Waals surface area contributed by atoms with Crippen LogP contribution in [0.3, 0.4) is 0 Å². The van der Waals surface area contributed by atoms with Crippen LogP contribution in [-0.2, 0) is 0 Å². The summed E-state index contributed by atoms with van der Waals surface area (Å²) in [5.41, 5.74) is 0. The van der Waals surface area contributed by atoms with Crippen molar-refractivity contribution in [2.75, 3.05) is 0 Å². The number of hydrogen-bond acceptors (Lipinski definition) is 2. The summed E-state index contributed by atoms with van der Waals surface area (Å²) < 4.78 is 0.927. The average Bonchev–Trinajstić information content (AvgIpc) is 2.29. The highest BCUT2D eigenvalue weighted by Gasteiger charge is 2.00. The van der Waals surface area contributed by atoms with Crippen LogP contribution in [0.15, 0.2) is 10.6 Å². The third-order valence-corrected chi connectivity index (χ3v) is 3.23. The van der Waals surface area contributed by atoms with Gasteiger partial charge in [0.25, 0.3) is 0 Å². The number of hydrogen-bond donors (Lipinski definition) is 0. The summed E-state index contributed by atoms with van der Waals surface area (Å²) in [6.45, 7) is 4.03. The molecule has 0 aliphatic carbocycles. The number of halogens is 3. The van der Waals surface area contributed by atoms with Gasteiger partial charge in [0.15, 0.2) is 0 Å². The van der Waals surface area contributed by atoms with Gasteiger partial charge in [0.05, 0.1) is 5.35 Å². The first-order chi connectivity index (χ1) is 8.08. The summed E-state index contributed by atoms with van der Waals surface area (Å²) in [5.74, 6) is 0. The van der Waals surface area contributed by atoms with Crippen molar-refractivity contribution in [2.24, 2.45) is 0 Å². The molecule has 0 aliphatic heterocycles. The molecule has 2 nitrogen and oxygen atoms in total. The average molecular weight is 336 g/mol. The van der Waals surface area contributed by atoms with Crippen LogP contribution in [0, 0.1) is 0 Å². The Bertz CT molecular complexity index is 538. The zero-order valence-corrected chi connectivity index (χ0v) is 12.8. The normalized spacial score (nSPS) is 14.5. The van der Waals surface area contributed by atoms with Gasteiger partial charge in [0.1, 0.15) is 5.15 Å². The van der Waals surface area contributed by atoms with E-state index in [0.717, 1.165) is 27.9 Å². The lowest BCUT2D eigenvalue weighted by Gasteiger charge is -1.96. The Balaban J connectivity index is 3.52. The molecule has 0 fully saturated rings. The molecule has 0 spiro atoms. The van der Waals surface area contributed by atoms with E-state index in [1.54, 1.807) is 0 Å². The van der Waals surface area contributed by atoms with Gasteiger partial charge >= 0.3 is 0 Å². The Morgan fingerprint density at radius 2 is 2.06 bits per heavy atom. The predicted octanol–water partition coefficient (Wildman–Crippen LogP) is 3.44. The monoisotopic (exact) mass is 334 g/mol. The van der Waals surface area contributed by atoms with Crippen LogP contribution < -0.4 is 10.6 Å². The van der Waals surface area contributed by atoms with Crippen LogP contribution in [0.1, 0.15) is 26.7 Å². The predicted molar refractivity (Wildman–Crippen MR) is 77.8 cm³/mol. The molecule has 0 saturated heterocycles. The molecule has 1 aromatic rings. The van der Waals surface area contributed by atoms with E-state index in [2.05, 4.69) is 32.8 Å². The lowest BCUT2D eigenvalue weighted by molar-refractivity contribution is 0.980. The molecule has 0 saturated carbocycles. The van der Waals surface area contributed by atoms with Crippen LogP contribution in [0.5, 0.6) is 0 Å². The van der Waals surface area contributed by atoms with E-state index in [-0.39, 0.29) is 5.28 Å². The van der Waals surface area contributed by atoms with Gasteiger partial charge in [-0.05, 0) is 31.0 Å². The molecule has 0 unspecified atom stereocenters. The quantitative estimate of drug-likeness (QED) is 0.624. The van der Waals surface area contributed by atoms with Crippen molar-refractivity contribution in [3.63, 3.8) is 0 Å². The van der Waals surface area contributed by atoms with Crippen LogP contribution >= 0.6 is 39.1 Å². The van der Waals surface area contributed by atoms with Crippen LogP contribution in [0.25, 0.3) is 12.2 Å². The molecule has 0 N–H and O–H groups in total. The van der Waals surface area contributed by atoms with E-state index < -0.39 is 0 Å². The van der Waals surface area contributed by atoms with E-state index in [1.807, 2.05) is 25.2 Å². The van der Waals surface area contributed by atoms with Gasteiger partial charge in [0, 0.05) is 9.70 Å². The maximum Gasteiger partial charge on any atom is 0.224 e. The lowest BCUT2D eigenvalue weighted by Crippen LogP contribution is -2.30. The van der Waals surface area contributed by atoms with Crippen molar-refractivity contribution in [1.29, 1.82) is 0 Å². The van der Waals surface area contributed by atoms with E-state index in [9.17, 15) is 0 Å². The summed E-state index contributed by atoms with van der Waals surface area (Å²) >= 11 is 15.3. The molecule has 1 heterocycles. The topological polar surface area (TPSA) is 25.8 Å². The van der Waals surface area contributed by atoms with Gasteiger partial charge in [-0.15, -0.1) is 0 Å². The fraction of sp³-hybridized carbons (Fsp3) is 0.333. The number of allylic oxidation sites excluding steroid dienone is 2. The summed E-state index contributed by atoms with van der Waals surface area (Å²) in [4.78, 5) is 8.14. The van der Waals surface area contributed by atoms with E-state index in [4.69, 9.17) is 23.2 Å². The van der Waals surface area contributed by atoms with E-state index in [1.165, 1.54) is 0 Å². The van der Waals surface area contributed by atoms with Gasteiger partial charge in [-0.25, -0.2) is 9.97 Å². The van der Waals surface area contributed by atoms with E-state index >= 15 is 0 Å². The second kappa shape index (κ2) is 7.14. The number of nitrogens with zero attached hydrogens (tertiary/aromatic N) is 2. The Kier molecular flexibility index (Phi) is 6.17. The minimum absolute atomic E-state index is 0.172. The SMILES string of the molecule is C\C=C(Br)/C=c1/c(Cl)nc(Cl)n/c1=C\CCC. The van der Waals surface area contributed by atoms with Crippen molar-refractivity contribution in [3.05, 3.63) is 31.6 Å². The van der Waals surface area contributed by atoms with Gasteiger partial charge in [0.2, 0.25) is 5.28 Å². The third-order valence-electron chi connectivity index (χ3n) is 2.09.